The zero-order valence-corrected chi connectivity index (χ0v) is 22.1. The van der Waals surface area contributed by atoms with Gasteiger partial charge >= 0.3 is 0 Å². The van der Waals surface area contributed by atoms with E-state index in [0.29, 0.717) is 6.04 Å². The zero-order chi connectivity index (χ0) is 19.8. The van der Waals surface area contributed by atoms with E-state index in [1.807, 2.05) is 7.05 Å². The number of hydrogen-bond donors (Lipinski definition) is 2. The summed E-state index contributed by atoms with van der Waals surface area (Å²) in [6.07, 6.45) is 7.77. The summed E-state index contributed by atoms with van der Waals surface area (Å²) in [5, 5.41) is 11.5. The number of rotatable bonds is 7. The van der Waals surface area contributed by atoms with Crippen LogP contribution >= 0.6 is 47.1 Å². The van der Waals surface area contributed by atoms with Crippen molar-refractivity contribution < 1.29 is 0 Å². The molecule has 1 saturated heterocycles. The Morgan fingerprint density at radius 1 is 1.31 bits per heavy atom. The molecule has 166 valence electrons. The molecule has 3 rings (SSSR count). The first-order valence-corrected chi connectivity index (χ1v) is 12.8. The van der Waals surface area contributed by atoms with Gasteiger partial charge in [-0.3, -0.25) is 9.89 Å². The highest BCUT2D eigenvalue weighted by Crippen LogP contribution is 2.28. The van der Waals surface area contributed by atoms with E-state index in [1.165, 1.54) is 68.1 Å². The van der Waals surface area contributed by atoms with Gasteiger partial charge in [-0.15, -0.1) is 35.3 Å². The van der Waals surface area contributed by atoms with Crippen LogP contribution in [0.2, 0.25) is 0 Å². The standard InChI is InChI=1S/C21H37N5S2.HI/c1-4-27-20-7-5-6-18(12-20)25-21(22-3)23-13-17-8-10-26(11-9-17)14-19-15-28-16(2)24-19;/h15,17-18,20H,4-14H2,1-3H3,(H2,22,23,25);1H. The second-order valence-corrected chi connectivity index (χ2v) is 10.8. The molecular formula is C21H38IN5S2. The van der Waals surface area contributed by atoms with Crippen molar-refractivity contribution in [1.82, 2.24) is 20.5 Å². The molecule has 0 amide bonds. The highest BCUT2D eigenvalue weighted by atomic mass is 127. The molecular weight excluding hydrogens is 513 g/mol. The van der Waals surface area contributed by atoms with Crippen LogP contribution in [0.1, 0.15) is 56.2 Å². The fourth-order valence-corrected chi connectivity index (χ4v) is 6.13. The lowest BCUT2D eigenvalue weighted by molar-refractivity contribution is 0.176. The van der Waals surface area contributed by atoms with Crippen molar-refractivity contribution in [1.29, 1.82) is 0 Å². The summed E-state index contributed by atoms with van der Waals surface area (Å²) in [7, 11) is 1.90. The molecule has 2 heterocycles. The van der Waals surface area contributed by atoms with Crippen molar-refractivity contribution in [2.45, 2.75) is 70.2 Å². The van der Waals surface area contributed by atoms with E-state index in [0.717, 1.165) is 30.2 Å². The first kappa shape index (κ1) is 25.2. The fourth-order valence-electron chi connectivity index (χ4n) is 4.35. The van der Waals surface area contributed by atoms with Crippen LogP contribution in [0, 0.1) is 12.8 Å². The van der Waals surface area contributed by atoms with Crippen LogP contribution in [0.25, 0.3) is 0 Å². The van der Waals surface area contributed by atoms with Gasteiger partial charge in [-0.2, -0.15) is 11.8 Å². The number of nitrogens with one attached hydrogen (secondary N) is 2. The van der Waals surface area contributed by atoms with Gasteiger partial charge in [0.2, 0.25) is 0 Å². The van der Waals surface area contributed by atoms with Crippen LogP contribution < -0.4 is 10.6 Å². The normalized spacial score (nSPS) is 24.2. The van der Waals surface area contributed by atoms with Gasteiger partial charge in [0.1, 0.15) is 0 Å². The van der Waals surface area contributed by atoms with E-state index < -0.39 is 0 Å². The fraction of sp³-hybridized carbons (Fsp3) is 0.810. The minimum atomic E-state index is 0. The molecule has 1 aromatic heterocycles. The zero-order valence-electron chi connectivity index (χ0n) is 18.2. The van der Waals surface area contributed by atoms with Gasteiger partial charge in [-0.25, -0.2) is 4.98 Å². The summed E-state index contributed by atoms with van der Waals surface area (Å²) in [4.78, 5) is 11.6. The van der Waals surface area contributed by atoms with Crippen LogP contribution in [0.4, 0.5) is 0 Å². The predicted octanol–water partition coefficient (Wildman–Crippen LogP) is 4.51. The largest absolute Gasteiger partial charge is 0.356 e. The number of piperidine rings is 1. The van der Waals surface area contributed by atoms with Gasteiger partial charge in [0, 0.05) is 36.8 Å². The number of halogens is 1. The molecule has 1 aliphatic heterocycles. The Balaban J connectivity index is 0.00000300. The van der Waals surface area contributed by atoms with E-state index in [2.05, 4.69) is 56.5 Å². The maximum atomic E-state index is 4.61. The third-order valence-corrected chi connectivity index (χ3v) is 7.97. The molecule has 1 aliphatic carbocycles. The van der Waals surface area contributed by atoms with Gasteiger partial charge in [0.05, 0.1) is 10.7 Å². The van der Waals surface area contributed by atoms with Crippen LogP contribution in [-0.4, -0.2) is 59.6 Å². The molecule has 1 aromatic rings. The molecule has 2 N–H and O–H groups in total. The number of aromatic nitrogens is 1. The highest BCUT2D eigenvalue weighted by molar-refractivity contribution is 14.0. The average Bonchev–Trinajstić information content (AvgIpc) is 3.11. The summed E-state index contributed by atoms with van der Waals surface area (Å²) in [5.41, 5.74) is 1.23. The second kappa shape index (κ2) is 13.4. The summed E-state index contributed by atoms with van der Waals surface area (Å²) in [6, 6.07) is 0.576. The minimum Gasteiger partial charge on any atom is -0.356 e. The Labute approximate surface area is 202 Å². The topological polar surface area (TPSA) is 52.6 Å². The SMILES string of the molecule is CCSC1CCCC(NC(=NC)NCC2CCN(Cc3csc(C)n3)CC2)C1.I. The summed E-state index contributed by atoms with van der Waals surface area (Å²) in [6.45, 7) is 8.74. The first-order chi connectivity index (χ1) is 13.7. The number of thioether (sulfide) groups is 1. The van der Waals surface area contributed by atoms with Crippen molar-refractivity contribution in [2.75, 3.05) is 32.4 Å². The molecule has 0 spiro atoms. The summed E-state index contributed by atoms with van der Waals surface area (Å²) in [5.74, 6) is 2.96. The van der Waals surface area contributed by atoms with E-state index in [1.54, 1.807) is 11.3 Å². The van der Waals surface area contributed by atoms with Crippen molar-refractivity contribution >= 4 is 53.0 Å². The lowest BCUT2D eigenvalue weighted by Gasteiger charge is -2.33. The van der Waals surface area contributed by atoms with Gasteiger partial charge in [-0.05, 0) is 63.8 Å². The number of hydrogen-bond acceptors (Lipinski definition) is 5. The number of guanidine groups is 1. The van der Waals surface area contributed by atoms with Gasteiger partial charge in [-0.1, -0.05) is 13.3 Å². The lowest BCUT2D eigenvalue weighted by Crippen LogP contribution is -2.47. The molecule has 0 bridgehead atoms. The average molecular weight is 552 g/mol. The quantitative estimate of drug-likeness (QED) is 0.297. The van der Waals surface area contributed by atoms with Crippen molar-refractivity contribution in [3.05, 3.63) is 16.1 Å². The van der Waals surface area contributed by atoms with Gasteiger partial charge < -0.3 is 10.6 Å². The van der Waals surface area contributed by atoms with Crippen molar-refractivity contribution in [2.24, 2.45) is 10.9 Å². The maximum absolute atomic E-state index is 4.61. The molecule has 8 heteroatoms. The Morgan fingerprint density at radius 3 is 2.76 bits per heavy atom. The Bertz CT molecular complexity index is 614. The number of nitrogens with zero attached hydrogens (tertiary/aromatic N) is 3. The van der Waals surface area contributed by atoms with E-state index >= 15 is 0 Å². The van der Waals surface area contributed by atoms with Gasteiger partial charge in [0.15, 0.2) is 5.96 Å². The third kappa shape index (κ3) is 8.53. The van der Waals surface area contributed by atoms with Crippen molar-refractivity contribution in [3.8, 4) is 0 Å². The second-order valence-electron chi connectivity index (χ2n) is 8.12. The van der Waals surface area contributed by atoms with Crippen LogP contribution in [0.5, 0.6) is 0 Å². The molecule has 0 aromatic carbocycles. The van der Waals surface area contributed by atoms with Crippen LogP contribution in [0.3, 0.4) is 0 Å². The lowest BCUT2D eigenvalue weighted by atomic mass is 9.95. The Kier molecular flexibility index (Phi) is 11.6. The molecule has 2 atom stereocenters. The van der Waals surface area contributed by atoms with E-state index in [-0.39, 0.29) is 24.0 Å². The molecule has 29 heavy (non-hydrogen) atoms. The number of likely N-dealkylation sites (tertiary alicyclic amines) is 1. The molecule has 0 radical (unpaired) electrons. The monoisotopic (exact) mass is 551 g/mol. The summed E-state index contributed by atoms with van der Waals surface area (Å²) >= 11 is 3.87. The van der Waals surface area contributed by atoms with E-state index in [4.69, 9.17) is 0 Å². The Hall–Kier alpha value is -0.0600. The molecule has 2 fully saturated rings. The number of aliphatic imine (C=N–C) groups is 1. The number of aryl methyl sites for hydroxylation is 1. The molecule has 1 saturated carbocycles. The predicted molar refractivity (Wildman–Crippen MR) is 139 cm³/mol. The van der Waals surface area contributed by atoms with E-state index in [9.17, 15) is 0 Å². The molecule has 2 unspecified atom stereocenters. The van der Waals surface area contributed by atoms with Crippen LogP contribution in [0.15, 0.2) is 10.4 Å². The van der Waals surface area contributed by atoms with Gasteiger partial charge in [0.25, 0.3) is 0 Å². The maximum Gasteiger partial charge on any atom is 0.191 e. The highest BCUT2D eigenvalue weighted by Gasteiger charge is 2.23. The third-order valence-electron chi connectivity index (χ3n) is 5.91. The number of thiazole rings is 1. The summed E-state index contributed by atoms with van der Waals surface area (Å²) < 4.78 is 0. The van der Waals surface area contributed by atoms with Crippen LogP contribution in [-0.2, 0) is 6.54 Å². The van der Waals surface area contributed by atoms with Crippen molar-refractivity contribution in [3.63, 3.8) is 0 Å². The minimum absolute atomic E-state index is 0. The molecule has 5 nitrogen and oxygen atoms in total. The smallest absolute Gasteiger partial charge is 0.191 e. The molecule has 2 aliphatic rings. The Morgan fingerprint density at radius 2 is 2.10 bits per heavy atom. The first-order valence-electron chi connectivity index (χ1n) is 10.9.